The van der Waals surface area contributed by atoms with Crippen LogP contribution in [0.15, 0.2) is 70.7 Å². The van der Waals surface area contributed by atoms with E-state index in [1.807, 2.05) is 31.2 Å². The summed E-state index contributed by atoms with van der Waals surface area (Å²) in [5, 5.41) is 18.4. The number of aromatic nitrogens is 5. The van der Waals surface area contributed by atoms with Crippen molar-refractivity contribution in [2.45, 2.75) is 32.0 Å². The molecule has 0 spiro atoms. The maximum absolute atomic E-state index is 13.3. The van der Waals surface area contributed by atoms with Gasteiger partial charge in [0, 0.05) is 48.7 Å². The second kappa shape index (κ2) is 12.3. The van der Waals surface area contributed by atoms with Crippen LogP contribution in [0.2, 0.25) is 0 Å². The fourth-order valence-electron chi connectivity index (χ4n) is 4.31. The molecule has 0 radical (unpaired) electrons. The Balaban J connectivity index is 0.000000741. The Morgan fingerprint density at radius 2 is 1.90 bits per heavy atom. The van der Waals surface area contributed by atoms with Crippen molar-refractivity contribution in [3.8, 4) is 11.1 Å². The van der Waals surface area contributed by atoms with Crippen LogP contribution < -0.4 is 5.32 Å². The van der Waals surface area contributed by atoms with Crippen molar-refractivity contribution >= 4 is 73.3 Å². The molecule has 6 rings (SSSR count). The standard InChI is InChI=1S/C24H21BrIN7O3.C3H3N/c1-13-27-9-15(10-28-13)14-5-6-18-17(7-14)23(26)31-33(18)12-22(35)32-11-16(34)8-19(32)24(36)30-21-4-2-3-20(25)29-21;1-2-4-3-1/h2-7,9-10,16,19,34H,8,11-12H2,1H3,(H,29,30,36);1-3H/t16-,19+;/m1./s1. The van der Waals surface area contributed by atoms with E-state index in [-0.39, 0.29) is 25.4 Å². The van der Waals surface area contributed by atoms with E-state index in [9.17, 15) is 14.7 Å². The molecule has 204 valence electrons. The number of carbonyl (C=O) groups excluding carboxylic acids is 2. The number of benzene rings is 1. The van der Waals surface area contributed by atoms with Crippen molar-refractivity contribution in [2.75, 3.05) is 11.9 Å². The molecule has 2 N–H and O–H groups in total. The molecule has 0 aliphatic carbocycles. The van der Waals surface area contributed by atoms with Crippen molar-refractivity contribution in [1.82, 2.24) is 29.6 Å². The van der Waals surface area contributed by atoms with E-state index in [0.717, 1.165) is 25.7 Å². The fourth-order valence-corrected chi connectivity index (χ4v) is 5.35. The highest BCUT2D eigenvalue weighted by Gasteiger charge is 2.39. The fraction of sp³-hybridized carbons (Fsp3) is 0.222. The van der Waals surface area contributed by atoms with Gasteiger partial charge in [-0.05, 0) is 81.3 Å². The highest BCUT2D eigenvalue weighted by molar-refractivity contribution is 14.1. The number of nitrogens with zero attached hydrogens (tertiary/aromatic N) is 7. The number of fused-ring (bicyclic) bond motifs is 1. The number of hydrogen-bond acceptors (Lipinski definition) is 8. The van der Waals surface area contributed by atoms with Crippen LogP contribution in [-0.2, 0) is 16.1 Å². The Morgan fingerprint density at radius 1 is 1.18 bits per heavy atom. The van der Waals surface area contributed by atoms with Gasteiger partial charge in [0.15, 0.2) is 0 Å². The van der Waals surface area contributed by atoms with Crippen LogP contribution in [-0.4, -0.2) is 71.5 Å². The summed E-state index contributed by atoms with van der Waals surface area (Å²) < 4.78 is 2.96. The monoisotopic (exact) mass is 714 g/mol. The van der Waals surface area contributed by atoms with Crippen LogP contribution in [0, 0.1) is 10.6 Å². The van der Waals surface area contributed by atoms with E-state index in [1.54, 1.807) is 47.7 Å². The Morgan fingerprint density at radius 3 is 2.58 bits per heavy atom. The first-order chi connectivity index (χ1) is 19.3. The molecule has 4 aromatic rings. The molecule has 11 nitrogen and oxygen atoms in total. The van der Waals surface area contributed by atoms with Gasteiger partial charge in [-0.3, -0.25) is 19.3 Å². The lowest BCUT2D eigenvalue weighted by Gasteiger charge is -2.23. The summed E-state index contributed by atoms with van der Waals surface area (Å²) in [6, 6.07) is 10.2. The Labute approximate surface area is 251 Å². The lowest BCUT2D eigenvalue weighted by molar-refractivity contribution is -0.137. The summed E-state index contributed by atoms with van der Waals surface area (Å²) in [6.45, 7) is 1.86. The highest BCUT2D eigenvalue weighted by atomic mass is 127. The molecule has 1 saturated heterocycles. The first kappa shape index (κ1) is 28.0. The van der Waals surface area contributed by atoms with Gasteiger partial charge in [-0.15, -0.1) is 0 Å². The number of carbonyl (C=O) groups is 2. The van der Waals surface area contributed by atoms with Crippen LogP contribution >= 0.6 is 38.5 Å². The van der Waals surface area contributed by atoms with Crippen molar-refractivity contribution in [3.63, 3.8) is 0 Å². The number of hydrogen-bond donors (Lipinski definition) is 2. The van der Waals surface area contributed by atoms with E-state index in [0.29, 0.717) is 16.2 Å². The van der Waals surface area contributed by atoms with Gasteiger partial charge >= 0.3 is 0 Å². The largest absolute Gasteiger partial charge is 0.391 e. The topological polar surface area (TPSA) is 138 Å². The molecule has 0 unspecified atom stereocenters. The van der Waals surface area contributed by atoms with Crippen molar-refractivity contribution in [1.29, 1.82) is 0 Å². The van der Waals surface area contributed by atoms with Crippen LogP contribution in [0.5, 0.6) is 0 Å². The SMILES string of the molecule is C1=CN=C1.Cc1ncc(-c2ccc3c(c2)c(I)nn3CC(=O)N2C[C@H](O)C[C@H]2C(=O)Nc2cccc(Br)n2)cn1. The van der Waals surface area contributed by atoms with Gasteiger partial charge in [0.2, 0.25) is 11.8 Å². The van der Waals surface area contributed by atoms with E-state index in [1.165, 1.54) is 4.90 Å². The predicted octanol–water partition coefficient (Wildman–Crippen LogP) is 3.75. The summed E-state index contributed by atoms with van der Waals surface area (Å²) in [5.41, 5.74) is 2.64. The van der Waals surface area contributed by atoms with Gasteiger partial charge in [0.1, 0.15) is 32.5 Å². The molecule has 40 heavy (non-hydrogen) atoms. The number of halogens is 2. The average Bonchev–Trinajstić information content (AvgIpc) is 3.43. The van der Waals surface area contributed by atoms with Gasteiger partial charge in [-0.1, -0.05) is 12.1 Å². The Kier molecular flexibility index (Phi) is 8.61. The molecular formula is C27H24BrIN8O3. The molecule has 2 aliphatic rings. The molecule has 1 aromatic carbocycles. The zero-order valence-electron chi connectivity index (χ0n) is 21.3. The van der Waals surface area contributed by atoms with Crippen LogP contribution in [0.3, 0.4) is 0 Å². The van der Waals surface area contributed by atoms with Crippen LogP contribution in [0.25, 0.3) is 22.0 Å². The predicted molar refractivity (Wildman–Crippen MR) is 163 cm³/mol. The average molecular weight is 715 g/mol. The summed E-state index contributed by atoms with van der Waals surface area (Å²) in [5.74, 6) is 0.374. The molecule has 0 saturated carbocycles. The number of aliphatic hydroxyl groups excluding tert-OH is 1. The summed E-state index contributed by atoms with van der Waals surface area (Å²) in [6.07, 6.45) is 8.31. The molecule has 3 aromatic heterocycles. The molecule has 2 aliphatic heterocycles. The third-order valence-corrected chi connectivity index (χ3v) is 7.56. The molecular weight excluding hydrogens is 691 g/mol. The summed E-state index contributed by atoms with van der Waals surface area (Å²) >= 11 is 5.42. The van der Waals surface area contributed by atoms with Gasteiger partial charge in [-0.2, -0.15) is 5.10 Å². The molecule has 13 heteroatoms. The minimum atomic E-state index is -0.803. The number of aliphatic hydroxyl groups is 1. The van der Waals surface area contributed by atoms with Crippen LogP contribution in [0.1, 0.15) is 12.2 Å². The number of β-amino-alcohol motifs (C(OH)–C–C–N with tert-alkyl or cyclic N) is 1. The van der Waals surface area contributed by atoms with Gasteiger partial charge in [0.05, 0.1) is 11.6 Å². The zero-order chi connectivity index (χ0) is 28.2. The van der Waals surface area contributed by atoms with Crippen LogP contribution in [0.4, 0.5) is 5.82 Å². The van der Waals surface area contributed by atoms with Crippen molar-refractivity contribution in [3.05, 3.63) is 75.2 Å². The number of likely N-dealkylation sites (tertiary alicyclic amines) is 1. The highest BCUT2D eigenvalue weighted by Crippen LogP contribution is 2.28. The van der Waals surface area contributed by atoms with E-state index < -0.39 is 18.1 Å². The first-order valence-corrected chi connectivity index (χ1v) is 14.2. The minimum absolute atomic E-state index is 0.0574. The number of aryl methyl sites for hydroxylation is 1. The lowest BCUT2D eigenvalue weighted by atomic mass is 10.1. The quantitative estimate of drug-likeness (QED) is 0.237. The summed E-state index contributed by atoms with van der Waals surface area (Å²) in [7, 11) is 0. The number of rotatable bonds is 5. The van der Waals surface area contributed by atoms with Crippen molar-refractivity contribution in [2.24, 2.45) is 4.99 Å². The maximum Gasteiger partial charge on any atom is 0.248 e. The number of aliphatic imine (C=N–C) groups is 1. The normalized spacial score (nSPS) is 17.4. The number of nitrogens with one attached hydrogen (secondary N) is 1. The first-order valence-electron chi connectivity index (χ1n) is 12.3. The van der Waals surface area contributed by atoms with Gasteiger partial charge < -0.3 is 15.3 Å². The smallest absolute Gasteiger partial charge is 0.248 e. The van der Waals surface area contributed by atoms with Crippen molar-refractivity contribution < 1.29 is 14.7 Å². The third kappa shape index (κ3) is 6.42. The van der Waals surface area contributed by atoms with E-state index in [4.69, 9.17) is 0 Å². The zero-order valence-corrected chi connectivity index (χ0v) is 25.0. The second-order valence-electron chi connectivity index (χ2n) is 9.13. The van der Waals surface area contributed by atoms with E-state index >= 15 is 0 Å². The maximum atomic E-state index is 13.3. The second-order valence-corrected chi connectivity index (χ2v) is 11.0. The van der Waals surface area contributed by atoms with Gasteiger partial charge in [-0.25, -0.2) is 15.0 Å². The third-order valence-electron chi connectivity index (χ3n) is 6.32. The number of allylic oxidation sites excluding steroid dienone is 1. The molecule has 1 fully saturated rings. The summed E-state index contributed by atoms with van der Waals surface area (Å²) in [4.78, 5) is 44.0. The Bertz CT molecular complexity index is 1600. The van der Waals surface area contributed by atoms with Gasteiger partial charge in [0.25, 0.3) is 0 Å². The Hall–Kier alpha value is -3.56. The molecule has 5 heterocycles. The lowest BCUT2D eigenvalue weighted by Crippen LogP contribution is -2.44. The molecule has 2 amide bonds. The molecule has 0 bridgehead atoms. The minimum Gasteiger partial charge on any atom is -0.391 e. The number of anilines is 1. The number of pyridine rings is 1. The number of amides is 2. The van der Waals surface area contributed by atoms with E-state index in [2.05, 4.69) is 68.9 Å². The molecule has 2 atom stereocenters.